The number of rotatable bonds is 3. The SMILES string of the molecule is CCCC(C1=C2C=CCC=C2C=C1)C(C)(C)C. The van der Waals surface area contributed by atoms with E-state index < -0.39 is 0 Å². The summed E-state index contributed by atoms with van der Waals surface area (Å²) in [6.45, 7) is 9.38. The normalized spacial score (nSPS) is 20.6. The van der Waals surface area contributed by atoms with E-state index >= 15 is 0 Å². The molecule has 0 saturated heterocycles. The molecule has 0 N–H and O–H groups in total. The average Bonchev–Trinajstić information content (AvgIpc) is 2.68. The summed E-state index contributed by atoms with van der Waals surface area (Å²) in [5.41, 5.74) is 4.82. The van der Waals surface area contributed by atoms with Crippen molar-refractivity contribution in [1.82, 2.24) is 0 Å². The van der Waals surface area contributed by atoms with E-state index in [-0.39, 0.29) is 0 Å². The summed E-state index contributed by atoms with van der Waals surface area (Å²) < 4.78 is 0. The van der Waals surface area contributed by atoms with E-state index in [0.717, 1.165) is 6.42 Å². The molecule has 0 bridgehead atoms. The third-order valence-electron chi connectivity index (χ3n) is 3.82. The minimum absolute atomic E-state index is 0.351. The fourth-order valence-corrected chi connectivity index (χ4v) is 2.92. The second-order valence-electron chi connectivity index (χ2n) is 6.21. The highest BCUT2D eigenvalue weighted by Gasteiger charge is 2.30. The average molecular weight is 228 g/mol. The summed E-state index contributed by atoms with van der Waals surface area (Å²) in [4.78, 5) is 0. The van der Waals surface area contributed by atoms with Crippen LogP contribution in [0.5, 0.6) is 0 Å². The highest BCUT2D eigenvalue weighted by Crippen LogP contribution is 2.42. The van der Waals surface area contributed by atoms with Crippen LogP contribution in [0.1, 0.15) is 47.0 Å². The lowest BCUT2D eigenvalue weighted by Crippen LogP contribution is -2.22. The van der Waals surface area contributed by atoms with Gasteiger partial charge in [-0.1, -0.05) is 64.5 Å². The Labute approximate surface area is 106 Å². The zero-order chi connectivity index (χ0) is 12.5. The molecular formula is C17H24. The van der Waals surface area contributed by atoms with Crippen molar-refractivity contribution >= 4 is 0 Å². The second-order valence-corrected chi connectivity index (χ2v) is 6.21. The Balaban J connectivity index is 2.37. The highest BCUT2D eigenvalue weighted by atomic mass is 14.3. The van der Waals surface area contributed by atoms with E-state index in [4.69, 9.17) is 0 Å². The van der Waals surface area contributed by atoms with Crippen molar-refractivity contribution in [1.29, 1.82) is 0 Å². The van der Waals surface area contributed by atoms with Gasteiger partial charge in [-0.2, -0.15) is 0 Å². The Hall–Kier alpha value is -1.04. The molecule has 17 heavy (non-hydrogen) atoms. The Kier molecular flexibility index (Phi) is 3.42. The quantitative estimate of drug-likeness (QED) is 0.622. The van der Waals surface area contributed by atoms with Crippen LogP contribution in [0, 0.1) is 11.3 Å². The Bertz CT molecular complexity index is 408. The zero-order valence-corrected chi connectivity index (χ0v) is 11.6. The van der Waals surface area contributed by atoms with Crippen molar-refractivity contribution in [2.75, 3.05) is 0 Å². The highest BCUT2D eigenvalue weighted by molar-refractivity contribution is 5.60. The monoisotopic (exact) mass is 228 g/mol. The van der Waals surface area contributed by atoms with Crippen molar-refractivity contribution in [3.8, 4) is 0 Å². The lowest BCUT2D eigenvalue weighted by atomic mass is 9.73. The van der Waals surface area contributed by atoms with E-state index in [1.54, 1.807) is 5.57 Å². The van der Waals surface area contributed by atoms with Gasteiger partial charge in [-0.05, 0) is 40.9 Å². The molecule has 1 atom stereocenters. The minimum Gasteiger partial charge on any atom is -0.0801 e. The van der Waals surface area contributed by atoms with Crippen molar-refractivity contribution in [2.45, 2.75) is 47.0 Å². The summed E-state index contributed by atoms with van der Waals surface area (Å²) in [5.74, 6) is 0.674. The Morgan fingerprint density at radius 1 is 1.18 bits per heavy atom. The molecule has 0 saturated carbocycles. The molecule has 0 aromatic carbocycles. The van der Waals surface area contributed by atoms with Gasteiger partial charge >= 0.3 is 0 Å². The molecule has 2 aliphatic rings. The van der Waals surface area contributed by atoms with Gasteiger partial charge in [0.2, 0.25) is 0 Å². The molecule has 0 spiro atoms. The van der Waals surface area contributed by atoms with E-state index in [2.05, 4.69) is 58.1 Å². The number of hydrogen-bond acceptors (Lipinski definition) is 0. The van der Waals surface area contributed by atoms with Crippen LogP contribution < -0.4 is 0 Å². The van der Waals surface area contributed by atoms with Gasteiger partial charge in [0.1, 0.15) is 0 Å². The van der Waals surface area contributed by atoms with Crippen LogP contribution >= 0.6 is 0 Å². The van der Waals surface area contributed by atoms with Crippen molar-refractivity contribution < 1.29 is 0 Å². The van der Waals surface area contributed by atoms with E-state index in [1.807, 2.05) is 0 Å². The first-order valence-corrected chi connectivity index (χ1v) is 6.83. The van der Waals surface area contributed by atoms with Crippen molar-refractivity contribution in [2.24, 2.45) is 11.3 Å². The fraction of sp³-hybridized carbons (Fsp3) is 0.529. The van der Waals surface area contributed by atoms with Crippen LogP contribution in [0.3, 0.4) is 0 Å². The lowest BCUT2D eigenvalue weighted by Gasteiger charge is -2.32. The first-order valence-electron chi connectivity index (χ1n) is 6.83. The maximum Gasteiger partial charge on any atom is -0.0107 e. The second kappa shape index (κ2) is 4.68. The molecule has 0 fully saturated rings. The molecule has 0 aliphatic heterocycles. The third-order valence-corrected chi connectivity index (χ3v) is 3.82. The van der Waals surface area contributed by atoms with Gasteiger partial charge in [-0.15, -0.1) is 0 Å². The maximum atomic E-state index is 2.36. The molecule has 0 heterocycles. The molecule has 0 amide bonds. The molecular weight excluding hydrogens is 204 g/mol. The van der Waals surface area contributed by atoms with Gasteiger partial charge < -0.3 is 0 Å². The van der Waals surface area contributed by atoms with Gasteiger partial charge in [0.15, 0.2) is 0 Å². The molecule has 2 aliphatic carbocycles. The van der Waals surface area contributed by atoms with E-state index in [0.29, 0.717) is 11.3 Å². The third kappa shape index (κ3) is 2.46. The van der Waals surface area contributed by atoms with Crippen molar-refractivity contribution in [3.05, 3.63) is 47.1 Å². The molecule has 0 nitrogen and oxygen atoms in total. The topological polar surface area (TPSA) is 0 Å². The minimum atomic E-state index is 0.351. The van der Waals surface area contributed by atoms with Crippen LogP contribution in [0.15, 0.2) is 47.1 Å². The number of allylic oxidation sites excluding steroid dienone is 8. The molecule has 1 unspecified atom stereocenters. The van der Waals surface area contributed by atoms with E-state index in [9.17, 15) is 0 Å². The molecule has 0 aromatic rings. The molecule has 0 aromatic heterocycles. The number of hydrogen-bond donors (Lipinski definition) is 0. The smallest absolute Gasteiger partial charge is 0.0107 e. The van der Waals surface area contributed by atoms with Crippen LogP contribution in [0.2, 0.25) is 0 Å². The fourth-order valence-electron chi connectivity index (χ4n) is 2.92. The van der Waals surface area contributed by atoms with Crippen LogP contribution in [-0.4, -0.2) is 0 Å². The molecule has 92 valence electrons. The standard InChI is InChI=1S/C17H24/c1-5-8-16(17(2,3)4)15-12-11-13-9-6-7-10-14(13)15/h7,9-12,16H,5-6,8H2,1-4H3. The van der Waals surface area contributed by atoms with Gasteiger partial charge in [-0.25, -0.2) is 0 Å². The number of fused-ring (bicyclic) bond motifs is 1. The summed E-state index contributed by atoms with van der Waals surface area (Å²) in [6.07, 6.45) is 15.2. The Morgan fingerprint density at radius 2 is 1.94 bits per heavy atom. The van der Waals surface area contributed by atoms with Crippen LogP contribution in [0.25, 0.3) is 0 Å². The first-order chi connectivity index (χ1) is 8.04. The summed E-state index contributed by atoms with van der Waals surface area (Å²) in [5, 5.41) is 0. The lowest BCUT2D eigenvalue weighted by molar-refractivity contribution is 0.266. The van der Waals surface area contributed by atoms with Gasteiger partial charge in [0, 0.05) is 0 Å². The van der Waals surface area contributed by atoms with Gasteiger partial charge in [-0.3, -0.25) is 0 Å². The molecule has 0 heteroatoms. The summed E-state index contributed by atoms with van der Waals surface area (Å²) in [6, 6.07) is 0. The van der Waals surface area contributed by atoms with Crippen LogP contribution in [0.4, 0.5) is 0 Å². The Morgan fingerprint density at radius 3 is 2.59 bits per heavy atom. The predicted octanol–water partition coefficient (Wildman–Crippen LogP) is 5.20. The maximum absolute atomic E-state index is 2.36. The molecule has 2 rings (SSSR count). The largest absolute Gasteiger partial charge is 0.0801 e. The van der Waals surface area contributed by atoms with Gasteiger partial charge in [0.05, 0.1) is 0 Å². The summed E-state index contributed by atoms with van der Waals surface area (Å²) in [7, 11) is 0. The summed E-state index contributed by atoms with van der Waals surface area (Å²) >= 11 is 0. The zero-order valence-electron chi connectivity index (χ0n) is 11.6. The van der Waals surface area contributed by atoms with Crippen LogP contribution in [-0.2, 0) is 0 Å². The van der Waals surface area contributed by atoms with Crippen molar-refractivity contribution in [3.63, 3.8) is 0 Å². The van der Waals surface area contributed by atoms with Gasteiger partial charge in [0.25, 0.3) is 0 Å². The van der Waals surface area contributed by atoms with E-state index in [1.165, 1.54) is 24.0 Å². The molecule has 0 radical (unpaired) electrons. The predicted molar refractivity (Wildman–Crippen MR) is 75.9 cm³/mol. The first kappa shape index (κ1) is 12.4.